The molecule has 0 N–H and O–H groups in total. The van der Waals surface area contributed by atoms with Crippen LogP contribution >= 0.6 is 0 Å². The summed E-state index contributed by atoms with van der Waals surface area (Å²) in [7, 11) is 0. The largest absolute Gasteiger partial charge is 0.308 e. The number of hydrogen-bond acceptors (Lipinski definition) is 2. The van der Waals surface area contributed by atoms with Crippen LogP contribution < -0.4 is 4.90 Å². The minimum absolute atomic E-state index is 0.0154. The third-order valence-corrected chi connectivity index (χ3v) is 9.35. The zero-order valence-corrected chi connectivity index (χ0v) is 25.5. The first-order chi connectivity index (χ1) is 23.3. The standard InChI is InChI=1S/C43H29N3O/c47-43-36-18-10-20-41(46-40-19-8-7-15-34(40)35-17-9-16-33(42(35)46)31-23-25-44-26-24-31)38(36)28-45(43)39-22-21-32(29-11-3-1-4-12-29)27-37(39)30-13-5-2-6-14-30/h1-27H,28H2. The number of aromatic nitrogens is 2. The molecule has 0 atom stereocenters. The molecule has 4 nitrogen and oxygen atoms in total. The topological polar surface area (TPSA) is 38.1 Å². The maximum atomic E-state index is 14.4. The van der Waals surface area contributed by atoms with Crippen LogP contribution in [0.15, 0.2) is 164 Å². The Kier molecular flexibility index (Phi) is 6.32. The molecule has 3 heterocycles. The van der Waals surface area contributed by atoms with Crippen LogP contribution in [-0.2, 0) is 6.54 Å². The fourth-order valence-electron chi connectivity index (χ4n) is 7.18. The molecule has 222 valence electrons. The number of fused-ring (bicyclic) bond motifs is 4. The summed E-state index contributed by atoms with van der Waals surface area (Å²) < 4.78 is 2.35. The Balaban J connectivity index is 1.24. The third kappa shape index (κ3) is 4.38. The molecule has 0 fully saturated rings. The summed E-state index contributed by atoms with van der Waals surface area (Å²) in [5, 5.41) is 2.36. The van der Waals surface area contributed by atoms with Crippen molar-refractivity contribution in [1.82, 2.24) is 9.55 Å². The number of nitrogens with zero attached hydrogens (tertiary/aromatic N) is 3. The molecule has 6 aromatic carbocycles. The van der Waals surface area contributed by atoms with E-state index < -0.39 is 0 Å². The second-order valence-electron chi connectivity index (χ2n) is 11.9. The van der Waals surface area contributed by atoms with E-state index in [2.05, 4.69) is 137 Å². The molecule has 47 heavy (non-hydrogen) atoms. The maximum Gasteiger partial charge on any atom is 0.259 e. The Labute approximate surface area is 272 Å². The molecule has 0 spiro atoms. The first-order valence-electron chi connectivity index (χ1n) is 15.9. The molecule has 0 radical (unpaired) electrons. The van der Waals surface area contributed by atoms with E-state index in [1.54, 1.807) is 0 Å². The Morgan fingerprint density at radius 2 is 1.15 bits per heavy atom. The minimum atomic E-state index is 0.0154. The zero-order valence-electron chi connectivity index (χ0n) is 25.5. The minimum Gasteiger partial charge on any atom is -0.308 e. The van der Waals surface area contributed by atoms with Gasteiger partial charge >= 0.3 is 0 Å². The lowest BCUT2D eigenvalue weighted by atomic mass is 9.97. The van der Waals surface area contributed by atoms with Gasteiger partial charge < -0.3 is 9.47 Å². The van der Waals surface area contributed by atoms with Crippen molar-refractivity contribution in [3.05, 3.63) is 175 Å². The lowest BCUT2D eigenvalue weighted by Crippen LogP contribution is -2.23. The molecule has 1 aliphatic heterocycles. The van der Waals surface area contributed by atoms with Crippen molar-refractivity contribution in [2.24, 2.45) is 0 Å². The number of para-hydroxylation sites is 2. The van der Waals surface area contributed by atoms with Gasteiger partial charge in [-0.25, -0.2) is 0 Å². The van der Waals surface area contributed by atoms with Gasteiger partial charge in [-0.15, -0.1) is 0 Å². The quantitative estimate of drug-likeness (QED) is 0.196. The SMILES string of the molecule is O=C1c2cccc(-n3c4ccccc4c4cccc(-c5ccncc5)c43)c2CN1c1ccc(-c2ccccc2)cc1-c1ccccc1. The molecule has 0 unspecified atom stereocenters. The Morgan fingerprint density at radius 3 is 1.96 bits per heavy atom. The highest BCUT2D eigenvalue weighted by atomic mass is 16.2. The second-order valence-corrected chi connectivity index (χ2v) is 11.9. The van der Waals surface area contributed by atoms with E-state index in [1.807, 2.05) is 41.6 Å². The van der Waals surface area contributed by atoms with Gasteiger partial charge in [-0.3, -0.25) is 9.78 Å². The van der Waals surface area contributed by atoms with Crippen molar-refractivity contribution in [2.75, 3.05) is 4.90 Å². The van der Waals surface area contributed by atoms with E-state index >= 15 is 0 Å². The number of carbonyl (C=O) groups is 1. The normalized spacial score (nSPS) is 12.6. The van der Waals surface area contributed by atoms with E-state index in [4.69, 9.17) is 0 Å². The smallest absolute Gasteiger partial charge is 0.259 e. The van der Waals surface area contributed by atoms with Crippen LogP contribution in [-0.4, -0.2) is 15.5 Å². The summed E-state index contributed by atoms with van der Waals surface area (Å²) in [5.74, 6) is 0.0154. The molecule has 9 rings (SSSR count). The Morgan fingerprint density at radius 1 is 0.489 bits per heavy atom. The van der Waals surface area contributed by atoms with E-state index in [-0.39, 0.29) is 5.91 Å². The molecule has 0 saturated carbocycles. The fourth-order valence-corrected chi connectivity index (χ4v) is 7.18. The first-order valence-corrected chi connectivity index (χ1v) is 15.9. The molecule has 1 amide bonds. The number of benzene rings is 6. The van der Waals surface area contributed by atoms with Crippen molar-refractivity contribution in [3.8, 4) is 39.1 Å². The molecule has 0 aliphatic carbocycles. The van der Waals surface area contributed by atoms with Crippen LogP contribution in [0.3, 0.4) is 0 Å². The summed E-state index contributed by atoms with van der Waals surface area (Å²) >= 11 is 0. The first kappa shape index (κ1) is 27.1. The van der Waals surface area contributed by atoms with Gasteiger partial charge in [0.05, 0.1) is 29.0 Å². The molecule has 8 aromatic rings. The van der Waals surface area contributed by atoms with Crippen molar-refractivity contribution in [3.63, 3.8) is 0 Å². The number of pyridine rings is 1. The van der Waals surface area contributed by atoms with Crippen LogP contribution in [0, 0.1) is 0 Å². The number of rotatable bonds is 5. The second kappa shape index (κ2) is 11.0. The van der Waals surface area contributed by atoms with Crippen LogP contribution in [0.4, 0.5) is 5.69 Å². The summed E-state index contributed by atoms with van der Waals surface area (Å²) in [6, 6.07) is 52.5. The van der Waals surface area contributed by atoms with E-state index in [9.17, 15) is 4.79 Å². The fraction of sp³-hybridized carbons (Fsp3) is 0.0233. The monoisotopic (exact) mass is 603 g/mol. The van der Waals surface area contributed by atoms with Crippen molar-refractivity contribution in [1.29, 1.82) is 0 Å². The molecular formula is C43H29N3O. The van der Waals surface area contributed by atoms with Gasteiger partial charge in [-0.05, 0) is 64.7 Å². The number of hydrogen-bond donors (Lipinski definition) is 0. The summed E-state index contributed by atoms with van der Waals surface area (Å²) in [4.78, 5) is 20.6. The van der Waals surface area contributed by atoms with Crippen LogP contribution in [0.25, 0.3) is 60.9 Å². The zero-order chi connectivity index (χ0) is 31.3. The number of anilines is 1. The molecule has 0 saturated heterocycles. The molecular weight excluding hydrogens is 574 g/mol. The van der Waals surface area contributed by atoms with Crippen LogP contribution in [0.2, 0.25) is 0 Å². The van der Waals surface area contributed by atoms with E-state index in [0.717, 1.165) is 66.9 Å². The van der Waals surface area contributed by atoms with Crippen molar-refractivity contribution >= 4 is 33.4 Å². The van der Waals surface area contributed by atoms with Gasteiger partial charge in [-0.2, -0.15) is 0 Å². The molecule has 4 heteroatoms. The van der Waals surface area contributed by atoms with Gasteiger partial charge in [0.15, 0.2) is 0 Å². The van der Waals surface area contributed by atoms with E-state index in [1.165, 1.54) is 10.8 Å². The summed E-state index contributed by atoms with van der Waals surface area (Å²) in [5.41, 5.74) is 12.5. The van der Waals surface area contributed by atoms with Crippen molar-refractivity contribution < 1.29 is 4.79 Å². The lowest BCUT2D eigenvalue weighted by molar-refractivity contribution is 0.0996. The molecule has 0 bridgehead atoms. The summed E-state index contributed by atoms with van der Waals surface area (Å²) in [6.45, 7) is 0.473. The maximum absolute atomic E-state index is 14.4. The highest BCUT2D eigenvalue weighted by molar-refractivity contribution is 6.16. The van der Waals surface area contributed by atoms with Gasteiger partial charge in [0.1, 0.15) is 0 Å². The average molecular weight is 604 g/mol. The predicted molar refractivity (Wildman–Crippen MR) is 192 cm³/mol. The van der Waals surface area contributed by atoms with Gasteiger partial charge in [0, 0.05) is 45.4 Å². The van der Waals surface area contributed by atoms with Crippen LogP contribution in [0.5, 0.6) is 0 Å². The van der Waals surface area contributed by atoms with E-state index in [0.29, 0.717) is 6.54 Å². The number of amides is 1. The highest BCUT2D eigenvalue weighted by Gasteiger charge is 2.33. The Bertz CT molecular complexity index is 2450. The highest BCUT2D eigenvalue weighted by Crippen LogP contribution is 2.43. The van der Waals surface area contributed by atoms with Crippen molar-refractivity contribution in [2.45, 2.75) is 6.54 Å². The molecule has 2 aromatic heterocycles. The lowest BCUT2D eigenvalue weighted by Gasteiger charge is -2.21. The van der Waals surface area contributed by atoms with Gasteiger partial charge in [0.25, 0.3) is 5.91 Å². The van der Waals surface area contributed by atoms with Gasteiger partial charge in [0.2, 0.25) is 0 Å². The van der Waals surface area contributed by atoms with Gasteiger partial charge in [-0.1, -0.05) is 109 Å². The number of carbonyl (C=O) groups excluding carboxylic acids is 1. The third-order valence-electron chi connectivity index (χ3n) is 9.35. The Hall–Kier alpha value is -6.26. The molecule has 1 aliphatic rings. The average Bonchev–Trinajstić information content (AvgIpc) is 3.67. The van der Waals surface area contributed by atoms with Crippen LogP contribution in [0.1, 0.15) is 15.9 Å². The predicted octanol–water partition coefficient (Wildman–Crippen LogP) is 10.3. The summed E-state index contributed by atoms with van der Waals surface area (Å²) in [6.07, 6.45) is 3.68.